The first kappa shape index (κ1) is 16.5. The van der Waals surface area contributed by atoms with Gasteiger partial charge in [0.25, 0.3) is 0 Å². The topological polar surface area (TPSA) is 70.7 Å². The van der Waals surface area contributed by atoms with E-state index in [1.165, 1.54) is 0 Å². The van der Waals surface area contributed by atoms with Crippen molar-refractivity contribution >= 4 is 17.6 Å². The van der Waals surface area contributed by atoms with Crippen LogP contribution in [0.5, 0.6) is 0 Å². The van der Waals surface area contributed by atoms with Crippen LogP contribution in [0.4, 0.5) is 10.5 Å². The fourth-order valence-electron chi connectivity index (χ4n) is 2.39. The predicted octanol–water partition coefficient (Wildman–Crippen LogP) is 1.67. The number of hydrogen-bond donors (Lipinski definition) is 2. The van der Waals surface area contributed by atoms with Gasteiger partial charge < -0.3 is 10.1 Å². The van der Waals surface area contributed by atoms with Crippen molar-refractivity contribution in [1.29, 1.82) is 0 Å². The van der Waals surface area contributed by atoms with Crippen LogP contribution in [0.3, 0.4) is 0 Å². The second-order valence-electron chi connectivity index (χ2n) is 5.64. The molecule has 1 saturated heterocycles. The monoisotopic (exact) mass is 305 g/mol. The van der Waals surface area contributed by atoms with Crippen molar-refractivity contribution in [3.05, 3.63) is 29.3 Å². The molecular weight excluding hydrogens is 282 g/mol. The highest BCUT2D eigenvalue weighted by molar-refractivity contribution is 6.02. The van der Waals surface area contributed by atoms with E-state index in [0.29, 0.717) is 25.4 Å². The Bertz CT molecular complexity index is 560. The molecule has 6 nitrogen and oxygen atoms in total. The first-order chi connectivity index (χ1) is 10.5. The van der Waals surface area contributed by atoms with Crippen molar-refractivity contribution in [2.45, 2.75) is 26.8 Å². The molecule has 1 heterocycles. The Morgan fingerprint density at radius 2 is 2.14 bits per heavy atom. The van der Waals surface area contributed by atoms with E-state index in [4.69, 9.17) is 4.74 Å². The van der Waals surface area contributed by atoms with Gasteiger partial charge in [-0.2, -0.15) is 0 Å². The number of hydrogen-bond acceptors (Lipinski definition) is 4. The summed E-state index contributed by atoms with van der Waals surface area (Å²) in [5, 5.41) is 5.09. The molecular formula is C16H23N3O3. The number of carbonyl (C=O) groups excluding carboxylic acids is 2. The molecule has 2 rings (SSSR count). The third-order valence-corrected chi connectivity index (χ3v) is 3.96. The van der Waals surface area contributed by atoms with Crippen LogP contribution in [-0.2, 0) is 9.53 Å². The van der Waals surface area contributed by atoms with Gasteiger partial charge in [0, 0.05) is 18.3 Å². The summed E-state index contributed by atoms with van der Waals surface area (Å²) in [4.78, 5) is 25.9. The normalized spacial score (nSPS) is 18.8. The zero-order chi connectivity index (χ0) is 16.1. The van der Waals surface area contributed by atoms with E-state index >= 15 is 0 Å². The summed E-state index contributed by atoms with van der Waals surface area (Å²) in [6.07, 6.45) is 0. The number of urea groups is 1. The highest BCUT2D eigenvalue weighted by Gasteiger charge is 2.21. The van der Waals surface area contributed by atoms with Crippen molar-refractivity contribution in [3.8, 4) is 0 Å². The van der Waals surface area contributed by atoms with Gasteiger partial charge in [-0.15, -0.1) is 0 Å². The number of imide groups is 1. The molecule has 1 aromatic carbocycles. The zero-order valence-corrected chi connectivity index (χ0v) is 13.3. The average Bonchev–Trinajstić information content (AvgIpc) is 2.46. The van der Waals surface area contributed by atoms with Gasteiger partial charge in [-0.25, -0.2) is 4.79 Å². The summed E-state index contributed by atoms with van der Waals surface area (Å²) >= 11 is 0. The first-order valence-corrected chi connectivity index (χ1v) is 7.46. The smallest absolute Gasteiger partial charge is 0.325 e. The van der Waals surface area contributed by atoms with Gasteiger partial charge in [0.15, 0.2) is 0 Å². The number of anilines is 1. The Balaban J connectivity index is 1.86. The van der Waals surface area contributed by atoms with Crippen LogP contribution < -0.4 is 10.6 Å². The van der Waals surface area contributed by atoms with Gasteiger partial charge in [0.2, 0.25) is 5.91 Å². The third-order valence-electron chi connectivity index (χ3n) is 3.96. The number of carbonyl (C=O) groups is 2. The molecule has 0 radical (unpaired) electrons. The van der Waals surface area contributed by atoms with Crippen molar-refractivity contribution < 1.29 is 14.3 Å². The van der Waals surface area contributed by atoms with Crippen LogP contribution in [0.15, 0.2) is 18.2 Å². The largest absolute Gasteiger partial charge is 0.379 e. The second-order valence-corrected chi connectivity index (χ2v) is 5.64. The Kier molecular flexibility index (Phi) is 5.51. The van der Waals surface area contributed by atoms with E-state index in [1.807, 2.05) is 43.9 Å². The maximum atomic E-state index is 12.0. The highest BCUT2D eigenvalue weighted by Crippen LogP contribution is 2.17. The lowest BCUT2D eigenvalue weighted by atomic mass is 10.1. The molecule has 1 aromatic rings. The number of morpholine rings is 1. The Morgan fingerprint density at radius 3 is 2.86 bits per heavy atom. The molecule has 22 heavy (non-hydrogen) atoms. The fourth-order valence-corrected chi connectivity index (χ4v) is 2.39. The van der Waals surface area contributed by atoms with E-state index in [9.17, 15) is 9.59 Å². The number of nitrogens with one attached hydrogen (secondary N) is 2. The quantitative estimate of drug-likeness (QED) is 0.891. The van der Waals surface area contributed by atoms with E-state index in [-0.39, 0.29) is 18.5 Å². The molecule has 6 heteroatoms. The summed E-state index contributed by atoms with van der Waals surface area (Å²) in [6.45, 7) is 8.04. The van der Waals surface area contributed by atoms with Gasteiger partial charge in [-0.05, 0) is 38.0 Å². The third kappa shape index (κ3) is 4.29. The standard InChI is InChI=1S/C16H23N3O3/c1-11-5-4-6-14(13(11)3)17-16(21)18-15(20)9-19-7-8-22-10-12(19)2/h4-6,12H,7-10H2,1-3H3,(H2,17,18,20,21)/t12-/m0/s1. The Morgan fingerprint density at radius 1 is 1.36 bits per heavy atom. The Labute approximate surface area is 130 Å². The lowest BCUT2D eigenvalue weighted by molar-refractivity contribution is -0.123. The molecule has 1 aliphatic rings. The molecule has 1 fully saturated rings. The van der Waals surface area contributed by atoms with Crippen molar-refractivity contribution in [3.63, 3.8) is 0 Å². The van der Waals surface area contributed by atoms with Gasteiger partial charge in [-0.3, -0.25) is 15.0 Å². The Hall–Kier alpha value is -1.92. The predicted molar refractivity (Wildman–Crippen MR) is 84.9 cm³/mol. The van der Waals surface area contributed by atoms with Crippen LogP contribution in [0.2, 0.25) is 0 Å². The van der Waals surface area contributed by atoms with Gasteiger partial charge in [0.1, 0.15) is 0 Å². The minimum Gasteiger partial charge on any atom is -0.379 e. The number of aryl methyl sites for hydroxylation is 1. The summed E-state index contributed by atoms with van der Waals surface area (Å²) in [5.41, 5.74) is 2.79. The van der Waals surface area contributed by atoms with Crippen molar-refractivity contribution in [1.82, 2.24) is 10.2 Å². The number of ether oxygens (including phenoxy) is 1. The van der Waals surface area contributed by atoms with Gasteiger partial charge in [0.05, 0.1) is 19.8 Å². The van der Waals surface area contributed by atoms with Gasteiger partial charge >= 0.3 is 6.03 Å². The molecule has 0 bridgehead atoms. The minimum atomic E-state index is -0.500. The lowest BCUT2D eigenvalue weighted by Crippen LogP contribution is -2.49. The summed E-state index contributed by atoms with van der Waals surface area (Å²) in [7, 11) is 0. The molecule has 0 unspecified atom stereocenters. The second kappa shape index (κ2) is 7.38. The van der Waals surface area contributed by atoms with Crippen LogP contribution in [0.25, 0.3) is 0 Å². The molecule has 0 spiro atoms. The molecule has 120 valence electrons. The maximum absolute atomic E-state index is 12.0. The van der Waals surface area contributed by atoms with E-state index in [2.05, 4.69) is 10.6 Å². The molecule has 3 amide bonds. The van der Waals surface area contributed by atoms with Crippen LogP contribution >= 0.6 is 0 Å². The SMILES string of the molecule is Cc1cccc(NC(=O)NC(=O)CN2CCOC[C@@H]2C)c1C. The first-order valence-electron chi connectivity index (χ1n) is 7.46. The van der Waals surface area contributed by atoms with Crippen molar-refractivity contribution in [2.24, 2.45) is 0 Å². The van der Waals surface area contributed by atoms with Gasteiger partial charge in [-0.1, -0.05) is 12.1 Å². The number of rotatable bonds is 3. The maximum Gasteiger partial charge on any atom is 0.325 e. The molecule has 0 aliphatic carbocycles. The highest BCUT2D eigenvalue weighted by atomic mass is 16.5. The number of benzene rings is 1. The molecule has 1 aliphatic heterocycles. The van der Waals surface area contributed by atoms with Crippen molar-refractivity contribution in [2.75, 3.05) is 31.6 Å². The lowest BCUT2D eigenvalue weighted by Gasteiger charge is -2.32. The fraction of sp³-hybridized carbons (Fsp3) is 0.500. The molecule has 0 saturated carbocycles. The van der Waals surface area contributed by atoms with E-state index in [1.54, 1.807) is 0 Å². The summed E-state index contributed by atoms with van der Waals surface area (Å²) in [6, 6.07) is 5.34. The average molecular weight is 305 g/mol. The van der Waals surface area contributed by atoms with E-state index < -0.39 is 6.03 Å². The molecule has 0 aromatic heterocycles. The molecule has 2 N–H and O–H groups in total. The van der Waals surface area contributed by atoms with E-state index in [0.717, 1.165) is 11.1 Å². The van der Waals surface area contributed by atoms with Crippen LogP contribution in [0, 0.1) is 13.8 Å². The summed E-state index contributed by atoms with van der Waals surface area (Å²) in [5.74, 6) is -0.309. The minimum absolute atomic E-state index is 0.182. The van der Waals surface area contributed by atoms with Crippen LogP contribution in [-0.4, -0.2) is 49.2 Å². The summed E-state index contributed by atoms with van der Waals surface area (Å²) < 4.78 is 5.33. The number of amides is 3. The number of nitrogens with zero attached hydrogens (tertiary/aromatic N) is 1. The zero-order valence-electron chi connectivity index (χ0n) is 13.3. The van der Waals surface area contributed by atoms with Crippen LogP contribution in [0.1, 0.15) is 18.1 Å². The molecule has 1 atom stereocenters.